The van der Waals surface area contributed by atoms with Gasteiger partial charge in [-0.25, -0.2) is 0 Å². The summed E-state index contributed by atoms with van der Waals surface area (Å²) < 4.78 is 0. The summed E-state index contributed by atoms with van der Waals surface area (Å²) >= 11 is 0. The maximum Gasteiger partial charge on any atom is 0.276 e. The zero-order valence-corrected chi connectivity index (χ0v) is 7.10. The van der Waals surface area contributed by atoms with Gasteiger partial charge in [-0.2, -0.15) is 15.4 Å². The first-order valence-corrected chi connectivity index (χ1v) is 4.16. The van der Waals surface area contributed by atoms with E-state index in [-0.39, 0.29) is 5.91 Å². The lowest BCUT2D eigenvalue weighted by Crippen LogP contribution is -2.52. The summed E-state index contributed by atoms with van der Waals surface area (Å²) in [5.41, 5.74) is 5.81. The topological polar surface area (TPSA) is 87.9 Å². The zero-order chi connectivity index (χ0) is 9.26. The number of hydrogen-bond acceptors (Lipinski definition) is 4. The highest BCUT2D eigenvalue weighted by atomic mass is 16.2. The van der Waals surface area contributed by atoms with Crippen LogP contribution >= 0.6 is 0 Å². The third-order valence-electron chi connectivity index (χ3n) is 2.21. The van der Waals surface area contributed by atoms with E-state index in [0.29, 0.717) is 18.2 Å². The SMILES string of the molecule is NCC1CN(C(=O)c2cn[nH]n2)C1. The van der Waals surface area contributed by atoms with Crippen molar-refractivity contribution in [2.45, 2.75) is 0 Å². The Balaban J connectivity index is 1.94. The fraction of sp³-hybridized carbons (Fsp3) is 0.571. The Kier molecular flexibility index (Phi) is 1.97. The van der Waals surface area contributed by atoms with Gasteiger partial charge in [-0.1, -0.05) is 0 Å². The molecule has 13 heavy (non-hydrogen) atoms. The molecule has 1 aliphatic rings. The molecule has 2 rings (SSSR count). The van der Waals surface area contributed by atoms with E-state index in [1.54, 1.807) is 4.90 Å². The predicted molar refractivity (Wildman–Crippen MR) is 44.8 cm³/mol. The van der Waals surface area contributed by atoms with Gasteiger partial charge in [0.2, 0.25) is 0 Å². The molecular formula is C7H11N5O. The van der Waals surface area contributed by atoms with Crippen molar-refractivity contribution < 1.29 is 4.79 Å². The van der Waals surface area contributed by atoms with Gasteiger partial charge < -0.3 is 10.6 Å². The number of rotatable bonds is 2. The Labute approximate surface area is 75.1 Å². The van der Waals surface area contributed by atoms with Gasteiger partial charge in [-0.15, -0.1) is 0 Å². The minimum absolute atomic E-state index is 0.0709. The molecule has 1 aromatic heterocycles. The number of nitrogens with two attached hydrogens (primary N) is 1. The van der Waals surface area contributed by atoms with Gasteiger partial charge in [0.1, 0.15) is 0 Å². The molecule has 6 nitrogen and oxygen atoms in total. The number of H-pyrrole nitrogens is 1. The van der Waals surface area contributed by atoms with Crippen molar-refractivity contribution in [1.82, 2.24) is 20.3 Å². The van der Waals surface area contributed by atoms with E-state index in [1.165, 1.54) is 6.20 Å². The van der Waals surface area contributed by atoms with Crippen molar-refractivity contribution in [1.29, 1.82) is 0 Å². The number of aromatic nitrogens is 3. The summed E-state index contributed by atoms with van der Waals surface area (Å²) in [6.07, 6.45) is 1.43. The molecule has 0 radical (unpaired) electrons. The van der Waals surface area contributed by atoms with E-state index in [2.05, 4.69) is 15.4 Å². The number of amides is 1. The number of nitrogens with zero attached hydrogens (tertiary/aromatic N) is 3. The molecule has 0 spiro atoms. The fourth-order valence-corrected chi connectivity index (χ4v) is 1.35. The van der Waals surface area contributed by atoms with Crippen LogP contribution in [0.25, 0.3) is 0 Å². The molecule has 0 aliphatic carbocycles. The van der Waals surface area contributed by atoms with Crippen molar-refractivity contribution in [2.75, 3.05) is 19.6 Å². The van der Waals surface area contributed by atoms with Crippen molar-refractivity contribution in [2.24, 2.45) is 11.7 Å². The van der Waals surface area contributed by atoms with Crippen molar-refractivity contribution in [3.8, 4) is 0 Å². The summed E-state index contributed by atoms with van der Waals surface area (Å²) in [6, 6.07) is 0. The number of hydrogen-bond donors (Lipinski definition) is 2. The molecule has 0 saturated carbocycles. The minimum Gasteiger partial charge on any atom is -0.336 e. The van der Waals surface area contributed by atoms with E-state index in [0.717, 1.165) is 13.1 Å². The zero-order valence-electron chi connectivity index (χ0n) is 7.10. The number of carbonyl (C=O) groups excluding carboxylic acids is 1. The summed E-state index contributed by atoms with van der Waals surface area (Å²) in [7, 11) is 0. The van der Waals surface area contributed by atoms with E-state index in [1.807, 2.05) is 0 Å². The smallest absolute Gasteiger partial charge is 0.276 e. The van der Waals surface area contributed by atoms with Crippen LogP contribution in [0.3, 0.4) is 0 Å². The lowest BCUT2D eigenvalue weighted by Gasteiger charge is -2.37. The molecule has 1 aliphatic heterocycles. The van der Waals surface area contributed by atoms with Crippen LogP contribution in [0.15, 0.2) is 6.20 Å². The summed E-state index contributed by atoms with van der Waals surface area (Å²) in [5, 5.41) is 9.69. The first-order valence-electron chi connectivity index (χ1n) is 4.16. The van der Waals surface area contributed by atoms with Gasteiger partial charge in [0.25, 0.3) is 5.91 Å². The third-order valence-corrected chi connectivity index (χ3v) is 2.21. The van der Waals surface area contributed by atoms with Crippen LogP contribution in [0, 0.1) is 5.92 Å². The minimum atomic E-state index is -0.0709. The largest absolute Gasteiger partial charge is 0.336 e. The van der Waals surface area contributed by atoms with E-state index >= 15 is 0 Å². The summed E-state index contributed by atoms with van der Waals surface area (Å²) in [5.74, 6) is 0.384. The Morgan fingerprint density at radius 1 is 1.77 bits per heavy atom. The second-order valence-corrected chi connectivity index (χ2v) is 3.17. The molecule has 0 unspecified atom stereocenters. The summed E-state index contributed by atoms with van der Waals surface area (Å²) in [4.78, 5) is 13.2. The van der Waals surface area contributed by atoms with Crippen LogP contribution in [0.5, 0.6) is 0 Å². The molecule has 1 fully saturated rings. The Morgan fingerprint density at radius 2 is 2.54 bits per heavy atom. The Bertz CT molecular complexity index is 290. The highest BCUT2D eigenvalue weighted by Gasteiger charge is 2.30. The van der Waals surface area contributed by atoms with Crippen LogP contribution in [0.1, 0.15) is 10.5 Å². The fourth-order valence-electron chi connectivity index (χ4n) is 1.35. The van der Waals surface area contributed by atoms with Crippen molar-refractivity contribution in [3.63, 3.8) is 0 Å². The average molecular weight is 181 g/mol. The first-order chi connectivity index (χ1) is 6.31. The first kappa shape index (κ1) is 8.18. The molecule has 1 aromatic rings. The maximum absolute atomic E-state index is 11.5. The van der Waals surface area contributed by atoms with Gasteiger partial charge in [0, 0.05) is 19.0 Å². The predicted octanol–water partition coefficient (Wildman–Crippen LogP) is -1.16. The lowest BCUT2D eigenvalue weighted by atomic mass is 10.0. The van der Waals surface area contributed by atoms with Crippen LogP contribution in [0.4, 0.5) is 0 Å². The second kappa shape index (κ2) is 3.14. The Hall–Kier alpha value is -1.43. The molecule has 0 bridgehead atoms. The molecule has 1 amide bonds. The van der Waals surface area contributed by atoms with Gasteiger partial charge in [0.05, 0.1) is 6.20 Å². The average Bonchev–Trinajstić information content (AvgIpc) is 2.53. The summed E-state index contributed by atoms with van der Waals surface area (Å²) in [6.45, 7) is 2.12. The molecule has 6 heteroatoms. The quantitative estimate of drug-likeness (QED) is 0.602. The third kappa shape index (κ3) is 1.40. The van der Waals surface area contributed by atoms with Gasteiger partial charge >= 0.3 is 0 Å². The van der Waals surface area contributed by atoms with Gasteiger partial charge in [0.15, 0.2) is 5.69 Å². The number of nitrogens with one attached hydrogen (secondary N) is 1. The highest BCUT2D eigenvalue weighted by molar-refractivity contribution is 5.92. The maximum atomic E-state index is 11.5. The van der Waals surface area contributed by atoms with E-state index < -0.39 is 0 Å². The van der Waals surface area contributed by atoms with Gasteiger partial charge in [-0.05, 0) is 6.54 Å². The van der Waals surface area contributed by atoms with Crippen LogP contribution in [0.2, 0.25) is 0 Å². The number of likely N-dealkylation sites (tertiary alicyclic amines) is 1. The van der Waals surface area contributed by atoms with Crippen molar-refractivity contribution >= 4 is 5.91 Å². The molecule has 0 aromatic carbocycles. The number of carbonyl (C=O) groups is 1. The molecule has 2 heterocycles. The molecular weight excluding hydrogens is 170 g/mol. The van der Waals surface area contributed by atoms with Crippen LogP contribution < -0.4 is 5.73 Å². The standard InChI is InChI=1S/C7H11N5O/c8-1-5-3-12(4-5)7(13)6-2-9-11-10-6/h2,5H,1,3-4,8H2,(H,9,10,11). The van der Waals surface area contributed by atoms with Crippen molar-refractivity contribution in [3.05, 3.63) is 11.9 Å². The van der Waals surface area contributed by atoms with E-state index in [4.69, 9.17) is 5.73 Å². The van der Waals surface area contributed by atoms with Crippen LogP contribution in [-0.4, -0.2) is 45.9 Å². The number of aromatic amines is 1. The molecule has 70 valence electrons. The van der Waals surface area contributed by atoms with Gasteiger partial charge in [-0.3, -0.25) is 4.79 Å². The van der Waals surface area contributed by atoms with Crippen LogP contribution in [-0.2, 0) is 0 Å². The Morgan fingerprint density at radius 3 is 3.08 bits per heavy atom. The molecule has 0 atom stereocenters. The van der Waals surface area contributed by atoms with E-state index in [9.17, 15) is 4.79 Å². The lowest BCUT2D eigenvalue weighted by molar-refractivity contribution is 0.0509. The normalized spacial score (nSPS) is 17.2. The molecule has 1 saturated heterocycles. The molecule has 3 N–H and O–H groups in total. The second-order valence-electron chi connectivity index (χ2n) is 3.17. The highest BCUT2D eigenvalue weighted by Crippen LogP contribution is 2.15. The monoisotopic (exact) mass is 181 g/mol.